The van der Waals surface area contributed by atoms with Crippen LogP contribution in [0.4, 0.5) is 0 Å². The Morgan fingerprint density at radius 2 is 1.96 bits per heavy atom. The van der Waals surface area contributed by atoms with Gasteiger partial charge in [0.15, 0.2) is 5.96 Å². The van der Waals surface area contributed by atoms with Crippen LogP contribution in [0.15, 0.2) is 29.3 Å². The van der Waals surface area contributed by atoms with Gasteiger partial charge in [0.25, 0.3) is 0 Å². The monoisotopic (exact) mass is 487 g/mol. The molecule has 1 aromatic carbocycles. The lowest BCUT2D eigenvalue weighted by atomic mass is 9.96. The zero-order chi connectivity index (χ0) is 18.4. The van der Waals surface area contributed by atoms with E-state index in [9.17, 15) is 0 Å². The van der Waals surface area contributed by atoms with E-state index in [4.69, 9.17) is 14.5 Å². The second-order valence-electron chi connectivity index (χ2n) is 7.62. The molecule has 0 bridgehead atoms. The highest BCUT2D eigenvalue weighted by Gasteiger charge is 2.44. The van der Waals surface area contributed by atoms with Crippen LogP contribution in [0.3, 0.4) is 0 Å². The van der Waals surface area contributed by atoms with Gasteiger partial charge in [-0.1, -0.05) is 12.1 Å². The largest absolute Gasteiger partial charge is 0.497 e. The first-order valence-electron chi connectivity index (χ1n) is 9.88. The van der Waals surface area contributed by atoms with Crippen molar-refractivity contribution < 1.29 is 9.47 Å². The van der Waals surface area contributed by atoms with E-state index < -0.39 is 0 Å². The molecule has 0 amide bonds. The minimum absolute atomic E-state index is 0. The summed E-state index contributed by atoms with van der Waals surface area (Å²) in [6, 6.07) is 8.47. The van der Waals surface area contributed by atoms with Crippen LogP contribution in [-0.2, 0) is 10.2 Å². The van der Waals surface area contributed by atoms with Crippen molar-refractivity contribution >= 4 is 29.9 Å². The fourth-order valence-corrected chi connectivity index (χ4v) is 3.17. The number of guanidine groups is 1. The summed E-state index contributed by atoms with van der Waals surface area (Å²) in [7, 11) is 3.80. The van der Waals surface area contributed by atoms with E-state index in [0.29, 0.717) is 0 Å². The maximum atomic E-state index is 5.77. The normalized spacial score (nSPS) is 17.8. The van der Waals surface area contributed by atoms with E-state index in [1.807, 2.05) is 12.1 Å². The third kappa shape index (κ3) is 6.52. The highest BCUT2D eigenvalue weighted by atomic mass is 127. The minimum Gasteiger partial charge on any atom is -0.497 e. The number of ether oxygens (including phenoxy) is 2. The summed E-state index contributed by atoms with van der Waals surface area (Å²) in [5.74, 6) is 2.70. The molecule has 0 saturated heterocycles. The van der Waals surface area contributed by atoms with E-state index in [1.165, 1.54) is 31.2 Å². The second kappa shape index (κ2) is 10.5. The molecule has 1 aromatic rings. The quantitative estimate of drug-likeness (QED) is 0.237. The highest BCUT2D eigenvalue weighted by Crippen LogP contribution is 2.48. The molecule has 2 aliphatic carbocycles. The molecular formula is C21H34IN3O2. The average Bonchev–Trinajstić information content (AvgIpc) is 3.58. The number of aliphatic imine (C=N–C) groups is 1. The summed E-state index contributed by atoms with van der Waals surface area (Å²) < 4.78 is 11.0. The van der Waals surface area contributed by atoms with Gasteiger partial charge < -0.3 is 19.7 Å². The predicted molar refractivity (Wildman–Crippen MR) is 121 cm³/mol. The molecule has 152 valence electrons. The first-order valence-corrected chi connectivity index (χ1v) is 9.88. The standard InChI is InChI=1S/C21H33N3O2.HI/c1-4-22-20(24(2)13-14-26-15-17-5-6-17)23-16-21(11-12-21)18-7-9-19(25-3)10-8-18;/h7-10,17H,4-6,11-16H2,1-3H3,(H,22,23);1H. The number of halogens is 1. The van der Waals surface area contributed by atoms with Crippen molar-refractivity contribution in [1.29, 1.82) is 0 Å². The SMILES string of the molecule is CCNC(=NCC1(c2ccc(OC)cc2)CC1)N(C)CCOCC1CC1.I. The van der Waals surface area contributed by atoms with E-state index in [0.717, 1.165) is 50.5 Å². The molecular weight excluding hydrogens is 453 g/mol. The van der Waals surface area contributed by atoms with E-state index in [-0.39, 0.29) is 29.4 Å². The lowest BCUT2D eigenvalue weighted by Crippen LogP contribution is -2.41. The van der Waals surface area contributed by atoms with Crippen molar-refractivity contribution in [3.63, 3.8) is 0 Å². The van der Waals surface area contributed by atoms with E-state index in [2.05, 4.69) is 36.3 Å². The van der Waals surface area contributed by atoms with Gasteiger partial charge in [-0.05, 0) is 56.2 Å². The fraction of sp³-hybridized carbons (Fsp3) is 0.667. The minimum atomic E-state index is 0. The molecule has 0 heterocycles. The average molecular weight is 487 g/mol. The Morgan fingerprint density at radius 1 is 1.26 bits per heavy atom. The number of hydrogen-bond donors (Lipinski definition) is 1. The number of nitrogens with one attached hydrogen (secondary N) is 1. The number of benzene rings is 1. The van der Waals surface area contributed by atoms with Crippen molar-refractivity contribution in [2.24, 2.45) is 10.9 Å². The number of nitrogens with zero attached hydrogens (tertiary/aromatic N) is 2. The lowest BCUT2D eigenvalue weighted by Gasteiger charge is -2.23. The van der Waals surface area contributed by atoms with Gasteiger partial charge >= 0.3 is 0 Å². The number of methoxy groups -OCH3 is 1. The maximum absolute atomic E-state index is 5.77. The van der Waals surface area contributed by atoms with Gasteiger partial charge in [-0.3, -0.25) is 4.99 Å². The number of hydrogen-bond acceptors (Lipinski definition) is 3. The Morgan fingerprint density at radius 3 is 2.52 bits per heavy atom. The van der Waals surface area contributed by atoms with Gasteiger partial charge in [-0.2, -0.15) is 0 Å². The molecule has 0 radical (unpaired) electrons. The molecule has 0 aromatic heterocycles. The van der Waals surface area contributed by atoms with Crippen molar-refractivity contribution in [2.75, 3.05) is 47.0 Å². The first kappa shape index (κ1) is 22.3. The van der Waals surface area contributed by atoms with Gasteiger partial charge in [-0.15, -0.1) is 24.0 Å². The zero-order valence-electron chi connectivity index (χ0n) is 16.9. The van der Waals surface area contributed by atoms with Crippen molar-refractivity contribution in [1.82, 2.24) is 10.2 Å². The van der Waals surface area contributed by atoms with Crippen LogP contribution in [0.1, 0.15) is 38.2 Å². The van der Waals surface area contributed by atoms with Crippen LogP contribution < -0.4 is 10.1 Å². The van der Waals surface area contributed by atoms with E-state index in [1.54, 1.807) is 7.11 Å². The summed E-state index contributed by atoms with van der Waals surface area (Å²) in [6.07, 6.45) is 5.09. The zero-order valence-corrected chi connectivity index (χ0v) is 19.2. The molecule has 0 unspecified atom stereocenters. The summed E-state index contributed by atoms with van der Waals surface area (Å²) in [6.45, 7) is 6.37. The summed E-state index contributed by atoms with van der Waals surface area (Å²) in [5.41, 5.74) is 1.57. The van der Waals surface area contributed by atoms with Crippen LogP contribution in [0.5, 0.6) is 5.75 Å². The van der Waals surface area contributed by atoms with Crippen LogP contribution in [-0.4, -0.2) is 57.9 Å². The summed E-state index contributed by atoms with van der Waals surface area (Å²) in [5, 5.41) is 3.41. The molecule has 6 heteroatoms. The summed E-state index contributed by atoms with van der Waals surface area (Å²) in [4.78, 5) is 7.12. The second-order valence-corrected chi connectivity index (χ2v) is 7.62. The Hall–Kier alpha value is -1.02. The van der Waals surface area contributed by atoms with Gasteiger partial charge in [-0.25, -0.2) is 0 Å². The third-order valence-corrected chi connectivity index (χ3v) is 5.41. The fourth-order valence-electron chi connectivity index (χ4n) is 3.17. The maximum Gasteiger partial charge on any atom is 0.193 e. The van der Waals surface area contributed by atoms with Crippen LogP contribution in [0.2, 0.25) is 0 Å². The predicted octanol–water partition coefficient (Wildman–Crippen LogP) is 3.67. The van der Waals surface area contributed by atoms with Gasteiger partial charge in [0.2, 0.25) is 0 Å². The van der Waals surface area contributed by atoms with Crippen molar-refractivity contribution in [3.05, 3.63) is 29.8 Å². The molecule has 2 aliphatic rings. The molecule has 0 aliphatic heterocycles. The highest BCUT2D eigenvalue weighted by molar-refractivity contribution is 14.0. The van der Waals surface area contributed by atoms with Crippen LogP contribution in [0.25, 0.3) is 0 Å². The molecule has 2 fully saturated rings. The molecule has 0 spiro atoms. The van der Waals surface area contributed by atoms with E-state index >= 15 is 0 Å². The van der Waals surface area contributed by atoms with Crippen LogP contribution >= 0.6 is 24.0 Å². The lowest BCUT2D eigenvalue weighted by molar-refractivity contribution is 0.115. The van der Waals surface area contributed by atoms with Gasteiger partial charge in [0.05, 0.1) is 20.3 Å². The third-order valence-electron chi connectivity index (χ3n) is 5.41. The Kier molecular flexibility index (Phi) is 8.66. The summed E-state index contributed by atoms with van der Waals surface area (Å²) >= 11 is 0. The molecule has 1 N–H and O–H groups in total. The molecule has 0 atom stereocenters. The van der Waals surface area contributed by atoms with Crippen molar-refractivity contribution in [3.8, 4) is 5.75 Å². The number of rotatable bonds is 10. The van der Waals surface area contributed by atoms with Crippen molar-refractivity contribution in [2.45, 2.75) is 38.0 Å². The molecule has 5 nitrogen and oxygen atoms in total. The molecule has 3 rings (SSSR count). The number of likely N-dealkylation sites (N-methyl/N-ethyl adjacent to an activating group) is 1. The smallest absolute Gasteiger partial charge is 0.193 e. The Balaban J connectivity index is 0.00000261. The van der Waals surface area contributed by atoms with Crippen LogP contribution in [0, 0.1) is 5.92 Å². The van der Waals surface area contributed by atoms with Gasteiger partial charge in [0, 0.05) is 32.2 Å². The first-order chi connectivity index (χ1) is 12.7. The molecule has 2 saturated carbocycles. The Bertz CT molecular complexity index is 598. The van der Waals surface area contributed by atoms with Gasteiger partial charge in [0.1, 0.15) is 5.75 Å². The topological polar surface area (TPSA) is 46.1 Å². The Labute approximate surface area is 180 Å². The molecule has 27 heavy (non-hydrogen) atoms.